The Morgan fingerprint density at radius 1 is 1.19 bits per heavy atom. The zero-order valence-corrected chi connectivity index (χ0v) is 11.3. The summed E-state index contributed by atoms with van der Waals surface area (Å²) in [6.07, 6.45) is -0.824. The van der Waals surface area contributed by atoms with Crippen molar-refractivity contribution in [1.82, 2.24) is 0 Å². The SMILES string of the molecule is Cc1c(CN)cc(C[B-](F)(F)F)c(C)c1I. The van der Waals surface area contributed by atoms with Gasteiger partial charge in [-0.1, -0.05) is 17.9 Å². The summed E-state index contributed by atoms with van der Waals surface area (Å²) >= 11 is 2.08. The van der Waals surface area contributed by atoms with Crippen LogP contribution in [0.25, 0.3) is 0 Å². The van der Waals surface area contributed by atoms with Gasteiger partial charge in [-0.05, 0) is 53.1 Å². The van der Waals surface area contributed by atoms with Crippen molar-refractivity contribution in [1.29, 1.82) is 0 Å². The van der Waals surface area contributed by atoms with Gasteiger partial charge in [0.05, 0.1) is 0 Å². The molecule has 0 saturated heterocycles. The predicted octanol–water partition coefficient (Wildman–Crippen LogP) is 3.30. The quantitative estimate of drug-likeness (QED) is 0.662. The van der Waals surface area contributed by atoms with Gasteiger partial charge in [-0.25, -0.2) is 0 Å². The van der Waals surface area contributed by atoms with E-state index in [0.717, 1.165) is 20.3 Å². The highest BCUT2D eigenvalue weighted by Crippen LogP contribution is 2.27. The molecule has 0 aliphatic rings. The molecule has 90 valence electrons. The van der Waals surface area contributed by atoms with Crippen molar-refractivity contribution in [2.75, 3.05) is 0 Å². The molecular weight excluding hydrogens is 329 g/mol. The number of hydrogen-bond acceptors (Lipinski definition) is 1. The molecule has 0 saturated carbocycles. The van der Waals surface area contributed by atoms with E-state index in [2.05, 4.69) is 22.6 Å². The van der Waals surface area contributed by atoms with Crippen molar-refractivity contribution < 1.29 is 12.9 Å². The lowest BCUT2D eigenvalue weighted by atomic mass is 9.79. The van der Waals surface area contributed by atoms with E-state index in [1.807, 2.05) is 6.92 Å². The van der Waals surface area contributed by atoms with Crippen molar-refractivity contribution in [3.8, 4) is 0 Å². The highest BCUT2D eigenvalue weighted by atomic mass is 127. The molecule has 6 heteroatoms. The topological polar surface area (TPSA) is 26.0 Å². The fourth-order valence-electron chi connectivity index (χ4n) is 1.66. The predicted molar refractivity (Wildman–Crippen MR) is 69.3 cm³/mol. The van der Waals surface area contributed by atoms with Crippen LogP contribution in [0.4, 0.5) is 12.9 Å². The first-order valence-electron chi connectivity index (χ1n) is 4.94. The van der Waals surface area contributed by atoms with E-state index >= 15 is 0 Å². The molecule has 0 heterocycles. The lowest BCUT2D eigenvalue weighted by Crippen LogP contribution is -2.21. The summed E-state index contributed by atoms with van der Waals surface area (Å²) < 4.78 is 38.1. The third-order valence-corrected chi connectivity index (χ3v) is 4.26. The second-order valence-corrected chi connectivity index (χ2v) is 4.96. The number of hydrogen-bond donors (Lipinski definition) is 1. The van der Waals surface area contributed by atoms with Crippen LogP contribution >= 0.6 is 22.6 Å². The molecule has 0 aromatic heterocycles. The summed E-state index contributed by atoms with van der Waals surface area (Å²) in [5.74, 6) is 0. The molecule has 0 bridgehead atoms. The minimum Gasteiger partial charge on any atom is -0.449 e. The molecule has 0 fully saturated rings. The first-order chi connectivity index (χ1) is 7.26. The highest BCUT2D eigenvalue weighted by molar-refractivity contribution is 14.1. The van der Waals surface area contributed by atoms with E-state index in [-0.39, 0.29) is 6.54 Å². The Hall–Kier alpha value is -0.235. The van der Waals surface area contributed by atoms with Crippen molar-refractivity contribution in [3.63, 3.8) is 0 Å². The third-order valence-electron chi connectivity index (χ3n) is 2.64. The summed E-state index contributed by atoms with van der Waals surface area (Å²) in [7, 11) is 0. The lowest BCUT2D eigenvalue weighted by molar-refractivity contribution is 0.468. The average Bonchev–Trinajstić information content (AvgIpc) is 2.17. The Morgan fingerprint density at radius 3 is 2.12 bits per heavy atom. The van der Waals surface area contributed by atoms with Crippen molar-refractivity contribution >= 4 is 29.6 Å². The first kappa shape index (κ1) is 13.8. The van der Waals surface area contributed by atoms with Crippen molar-refractivity contribution in [2.45, 2.75) is 26.7 Å². The maximum Gasteiger partial charge on any atom is 0.482 e. The molecule has 0 atom stereocenters. The monoisotopic (exact) mass is 342 g/mol. The maximum atomic E-state index is 12.4. The van der Waals surface area contributed by atoms with Gasteiger partial charge in [0.1, 0.15) is 0 Å². The van der Waals surface area contributed by atoms with Crippen LogP contribution < -0.4 is 5.73 Å². The number of benzene rings is 1. The third kappa shape index (κ3) is 3.13. The van der Waals surface area contributed by atoms with E-state index in [1.54, 1.807) is 13.0 Å². The van der Waals surface area contributed by atoms with E-state index in [1.165, 1.54) is 0 Å². The van der Waals surface area contributed by atoms with Crippen molar-refractivity contribution in [2.24, 2.45) is 5.73 Å². The number of nitrogens with two attached hydrogens (primary N) is 1. The Balaban J connectivity index is 3.25. The lowest BCUT2D eigenvalue weighted by Gasteiger charge is -2.19. The minimum absolute atomic E-state index is 0.278. The van der Waals surface area contributed by atoms with Gasteiger partial charge < -0.3 is 18.7 Å². The second-order valence-electron chi connectivity index (χ2n) is 3.88. The molecule has 0 aliphatic carbocycles. The zero-order chi connectivity index (χ0) is 12.5. The fraction of sp³-hybridized carbons (Fsp3) is 0.400. The van der Waals surface area contributed by atoms with E-state index < -0.39 is 13.3 Å². The number of halogens is 4. The van der Waals surface area contributed by atoms with Crippen LogP contribution in [0, 0.1) is 17.4 Å². The van der Waals surface area contributed by atoms with E-state index in [0.29, 0.717) is 5.56 Å². The van der Waals surface area contributed by atoms with Crippen LogP contribution in [0.15, 0.2) is 6.07 Å². The van der Waals surface area contributed by atoms with E-state index in [4.69, 9.17) is 5.73 Å². The standard InChI is InChI=1S/C10H13BF3IN/c1-6-8(4-11(12,13)14)3-9(5-16)7(2)10(6)15/h3H,4-5,16H2,1-2H3/q-1. The van der Waals surface area contributed by atoms with Crippen molar-refractivity contribution in [3.05, 3.63) is 31.9 Å². The summed E-state index contributed by atoms with van der Waals surface area (Å²) in [6, 6.07) is 1.59. The molecule has 16 heavy (non-hydrogen) atoms. The molecule has 2 N–H and O–H groups in total. The first-order valence-corrected chi connectivity index (χ1v) is 6.02. The summed E-state index contributed by atoms with van der Waals surface area (Å²) in [5.41, 5.74) is 8.37. The van der Waals surface area contributed by atoms with Gasteiger partial charge in [0, 0.05) is 10.1 Å². The largest absolute Gasteiger partial charge is 0.482 e. The fourth-order valence-corrected chi connectivity index (χ4v) is 2.36. The van der Waals surface area contributed by atoms with Gasteiger partial charge in [0.2, 0.25) is 0 Å². The molecule has 1 aromatic rings. The smallest absolute Gasteiger partial charge is 0.449 e. The van der Waals surface area contributed by atoms with Crippen LogP contribution in [-0.2, 0) is 12.9 Å². The molecule has 0 radical (unpaired) electrons. The van der Waals surface area contributed by atoms with Gasteiger partial charge in [0.15, 0.2) is 0 Å². The minimum atomic E-state index is -4.79. The van der Waals surface area contributed by atoms with Crippen LogP contribution in [0.3, 0.4) is 0 Å². The zero-order valence-electron chi connectivity index (χ0n) is 9.16. The molecular formula is C10H13BF3IN-. The molecule has 1 aromatic carbocycles. The average molecular weight is 342 g/mol. The molecule has 0 spiro atoms. The Morgan fingerprint density at radius 2 is 1.69 bits per heavy atom. The van der Waals surface area contributed by atoms with Gasteiger partial charge in [-0.15, -0.1) is 0 Å². The van der Waals surface area contributed by atoms with E-state index in [9.17, 15) is 12.9 Å². The van der Waals surface area contributed by atoms with Crippen LogP contribution in [0.5, 0.6) is 0 Å². The highest BCUT2D eigenvalue weighted by Gasteiger charge is 2.25. The van der Waals surface area contributed by atoms with Crippen LogP contribution in [0.2, 0.25) is 0 Å². The molecule has 1 nitrogen and oxygen atoms in total. The molecule has 0 aliphatic heterocycles. The van der Waals surface area contributed by atoms with Gasteiger partial charge >= 0.3 is 6.98 Å². The molecule has 1 rings (SSSR count). The Labute approximate surface area is 107 Å². The summed E-state index contributed by atoms with van der Waals surface area (Å²) in [6.45, 7) is -0.897. The molecule has 0 unspecified atom stereocenters. The summed E-state index contributed by atoms with van der Waals surface area (Å²) in [4.78, 5) is 0. The normalized spacial score (nSPS) is 11.9. The Kier molecular flexibility index (Phi) is 4.28. The van der Waals surface area contributed by atoms with Crippen LogP contribution in [-0.4, -0.2) is 6.98 Å². The van der Waals surface area contributed by atoms with Crippen LogP contribution in [0.1, 0.15) is 22.3 Å². The maximum absolute atomic E-state index is 12.4. The summed E-state index contributed by atoms with van der Waals surface area (Å²) in [5, 5.41) is 0. The second kappa shape index (κ2) is 4.95. The number of rotatable bonds is 3. The van der Waals surface area contributed by atoms with Gasteiger partial charge in [0.25, 0.3) is 0 Å². The van der Waals surface area contributed by atoms with Gasteiger partial charge in [-0.3, -0.25) is 0 Å². The van der Waals surface area contributed by atoms with Gasteiger partial charge in [-0.2, -0.15) is 0 Å². The Bertz CT molecular complexity index is 404. The molecule has 0 amide bonds.